The molecule has 3 rings (SSSR count). The van der Waals surface area contributed by atoms with Crippen LogP contribution in [0.4, 0.5) is 0 Å². The van der Waals surface area contributed by atoms with Gasteiger partial charge < -0.3 is 18.8 Å². The molecule has 0 bridgehead atoms. The molecule has 0 saturated carbocycles. The summed E-state index contributed by atoms with van der Waals surface area (Å²) in [5.74, 6) is 4.22. The van der Waals surface area contributed by atoms with Crippen LogP contribution < -0.4 is 19.0 Å². The van der Waals surface area contributed by atoms with Gasteiger partial charge in [0.25, 0.3) is 5.91 Å². The van der Waals surface area contributed by atoms with Gasteiger partial charge in [-0.15, -0.1) is 6.42 Å². The van der Waals surface area contributed by atoms with Crippen LogP contribution in [0.2, 0.25) is 0 Å². The van der Waals surface area contributed by atoms with Crippen LogP contribution in [0, 0.1) is 12.3 Å². The van der Waals surface area contributed by atoms with Gasteiger partial charge in [0.05, 0.1) is 37.6 Å². The molecule has 0 aliphatic rings. The zero-order chi connectivity index (χ0) is 21.5. The number of rotatable bonds is 7. The van der Waals surface area contributed by atoms with Crippen molar-refractivity contribution in [1.29, 1.82) is 0 Å². The second-order valence-corrected chi connectivity index (χ2v) is 7.14. The van der Waals surface area contributed by atoms with E-state index in [1.807, 2.05) is 35.8 Å². The highest BCUT2D eigenvalue weighted by molar-refractivity contribution is 7.16. The number of fused-ring (bicyclic) bond motifs is 1. The number of thiazole rings is 1. The topological polar surface area (TPSA) is 62.1 Å². The molecule has 0 aliphatic heterocycles. The number of amides is 1. The number of nitrogens with zero attached hydrogens (tertiary/aromatic N) is 2. The normalized spacial score (nSPS) is 11.6. The van der Waals surface area contributed by atoms with Gasteiger partial charge >= 0.3 is 0 Å². The van der Waals surface area contributed by atoms with E-state index in [9.17, 15) is 4.79 Å². The first kappa shape index (κ1) is 21.2. The fraction of sp³-hybridized carbons (Fsp3) is 0.217. The summed E-state index contributed by atoms with van der Waals surface area (Å²) in [4.78, 5) is 17.3. The number of benzene rings is 2. The Morgan fingerprint density at radius 1 is 1.20 bits per heavy atom. The Labute approximate surface area is 179 Å². The molecule has 1 aromatic heterocycles. The monoisotopic (exact) mass is 422 g/mol. The van der Waals surface area contributed by atoms with Crippen molar-refractivity contribution in [2.24, 2.45) is 4.99 Å². The van der Waals surface area contributed by atoms with Crippen LogP contribution in [0.25, 0.3) is 16.3 Å². The van der Waals surface area contributed by atoms with Gasteiger partial charge in [0.2, 0.25) is 0 Å². The van der Waals surface area contributed by atoms with E-state index >= 15 is 0 Å². The molecule has 0 aliphatic carbocycles. The maximum Gasteiger partial charge on any atom is 0.272 e. The highest BCUT2D eigenvalue weighted by atomic mass is 32.1. The first-order chi connectivity index (χ1) is 14.6. The molecule has 0 fully saturated rings. The molecule has 7 heteroatoms. The van der Waals surface area contributed by atoms with Crippen molar-refractivity contribution in [3.8, 4) is 29.6 Å². The molecule has 0 N–H and O–H groups in total. The summed E-state index contributed by atoms with van der Waals surface area (Å²) >= 11 is 1.39. The van der Waals surface area contributed by atoms with E-state index in [1.165, 1.54) is 17.4 Å². The lowest BCUT2D eigenvalue weighted by molar-refractivity contribution is -0.113. The number of hydrogen-bond acceptors (Lipinski definition) is 5. The number of carbonyl (C=O) groups excluding carboxylic acids is 1. The number of aromatic nitrogens is 1. The van der Waals surface area contributed by atoms with E-state index in [1.54, 1.807) is 32.4 Å². The van der Waals surface area contributed by atoms with Crippen LogP contribution >= 0.6 is 11.3 Å². The van der Waals surface area contributed by atoms with Gasteiger partial charge in [-0.2, -0.15) is 4.99 Å². The second kappa shape index (κ2) is 9.81. The highest BCUT2D eigenvalue weighted by Gasteiger charge is 2.08. The Bertz CT molecular complexity index is 1200. The quantitative estimate of drug-likeness (QED) is 0.428. The van der Waals surface area contributed by atoms with Gasteiger partial charge in [-0.3, -0.25) is 4.79 Å². The fourth-order valence-corrected chi connectivity index (χ4v) is 3.96. The second-order valence-electron chi connectivity index (χ2n) is 6.14. The van der Waals surface area contributed by atoms with Crippen LogP contribution in [0.5, 0.6) is 17.2 Å². The molecule has 0 saturated heterocycles. The fourth-order valence-electron chi connectivity index (χ4n) is 2.89. The molecule has 154 valence electrons. The molecule has 1 amide bonds. The van der Waals surface area contributed by atoms with Gasteiger partial charge in [0.15, 0.2) is 16.3 Å². The largest absolute Gasteiger partial charge is 0.494 e. The molecule has 30 heavy (non-hydrogen) atoms. The number of terminal acetylenes is 1. The standard InChI is InChI=1S/C23H22N2O4S/c1-5-13-25-18-10-9-17(29-6-2)15-21(18)30-23(25)24-22(26)12-8-16-7-11-19(27-3)20(14-16)28-4/h1,7-12,14-15H,6,13H2,2-4H3. The minimum absolute atomic E-state index is 0.319. The van der Waals surface area contributed by atoms with Crippen molar-refractivity contribution in [3.63, 3.8) is 0 Å². The molecule has 0 unspecified atom stereocenters. The molecule has 1 heterocycles. The molecule has 0 spiro atoms. The molecule has 0 atom stereocenters. The first-order valence-corrected chi connectivity index (χ1v) is 10.1. The lowest BCUT2D eigenvalue weighted by Crippen LogP contribution is -2.15. The third-order valence-corrected chi connectivity index (χ3v) is 5.29. The number of carbonyl (C=O) groups is 1. The van der Waals surface area contributed by atoms with E-state index in [2.05, 4.69) is 10.9 Å². The third kappa shape index (κ3) is 4.73. The lowest BCUT2D eigenvalue weighted by atomic mass is 10.2. The van der Waals surface area contributed by atoms with Crippen molar-refractivity contribution in [3.05, 3.63) is 52.8 Å². The predicted molar refractivity (Wildman–Crippen MR) is 119 cm³/mol. The average Bonchev–Trinajstić information content (AvgIpc) is 3.08. The summed E-state index contributed by atoms with van der Waals surface area (Å²) in [5, 5.41) is 0. The van der Waals surface area contributed by atoms with Gasteiger partial charge in [0, 0.05) is 6.08 Å². The predicted octanol–water partition coefficient (Wildman–Crippen LogP) is 3.89. The molecule has 0 radical (unpaired) electrons. The van der Waals surface area contributed by atoms with Crippen LogP contribution in [-0.4, -0.2) is 31.3 Å². The molecule has 6 nitrogen and oxygen atoms in total. The number of hydrogen-bond donors (Lipinski definition) is 0. The summed E-state index contributed by atoms with van der Waals surface area (Å²) in [5.41, 5.74) is 1.71. The Balaban J connectivity index is 1.93. The van der Waals surface area contributed by atoms with Crippen LogP contribution in [0.3, 0.4) is 0 Å². The minimum Gasteiger partial charge on any atom is -0.494 e. The Kier molecular flexibility index (Phi) is 6.94. The maximum atomic E-state index is 12.5. The zero-order valence-corrected chi connectivity index (χ0v) is 17.9. The van der Waals surface area contributed by atoms with E-state index in [0.29, 0.717) is 29.5 Å². The van der Waals surface area contributed by atoms with Gasteiger partial charge in [-0.05, 0) is 48.9 Å². The lowest BCUT2D eigenvalue weighted by Gasteiger charge is -2.07. The smallest absolute Gasteiger partial charge is 0.272 e. The summed E-state index contributed by atoms with van der Waals surface area (Å²) in [7, 11) is 3.14. The summed E-state index contributed by atoms with van der Waals surface area (Å²) in [6.45, 7) is 2.83. The van der Waals surface area contributed by atoms with Gasteiger partial charge in [-0.25, -0.2) is 0 Å². The van der Waals surface area contributed by atoms with Crippen molar-refractivity contribution >= 4 is 33.5 Å². The van der Waals surface area contributed by atoms with Crippen LogP contribution in [0.15, 0.2) is 47.5 Å². The van der Waals surface area contributed by atoms with Crippen molar-refractivity contribution in [1.82, 2.24) is 4.57 Å². The third-order valence-electron chi connectivity index (χ3n) is 4.25. The van der Waals surface area contributed by atoms with Crippen LogP contribution in [0.1, 0.15) is 12.5 Å². The minimum atomic E-state index is -0.382. The van der Waals surface area contributed by atoms with E-state index in [0.717, 1.165) is 21.5 Å². The van der Waals surface area contributed by atoms with Crippen LogP contribution in [-0.2, 0) is 11.3 Å². The SMILES string of the molecule is C#CCn1c(=NC(=O)C=Cc2ccc(OC)c(OC)c2)sc2cc(OCC)ccc21. The van der Waals surface area contributed by atoms with E-state index in [-0.39, 0.29) is 5.91 Å². The Morgan fingerprint density at radius 3 is 2.70 bits per heavy atom. The molecule has 2 aromatic carbocycles. The number of ether oxygens (including phenoxy) is 3. The van der Waals surface area contributed by atoms with Gasteiger partial charge in [0.1, 0.15) is 5.75 Å². The summed E-state index contributed by atoms with van der Waals surface area (Å²) < 4.78 is 18.9. The van der Waals surface area contributed by atoms with Crippen molar-refractivity contribution in [2.45, 2.75) is 13.5 Å². The molecular weight excluding hydrogens is 400 g/mol. The van der Waals surface area contributed by atoms with Crippen molar-refractivity contribution < 1.29 is 19.0 Å². The number of methoxy groups -OCH3 is 2. The first-order valence-electron chi connectivity index (χ1n) is 9.28. The average molecular weight is 423 g/mol. The summed E-state index contributed by atoms with van der Waals surface area (Å²) in [6.07, 6.45) is 8.61. The maximum absolute atomic E-state index is 12.5. The Hall–Kier alpha value is -3.50. The van der Waals surface area contributed by atoms with Gasteiger partial charge in [-0.1, -0.05) is 23.3 Å². The molecule has 3 aromatic rings. The van der Waals surface area contributed by atoms with E-state index in [4.69, 9.17) is 20.6 Å². The Morgan fingerprint density at radius 2 is 2.00 bits per heavy atom. The molecular formula is C23H22N2O4S. The highest BCUT2D eigenvalue weighted by Crippen LogP contribution is 2.28. The van der Waals surface area contributed by atoms with Crippen molar-refractivity contribution in [2.75, 3.05) is 20.8 Å². The van der Waals surface area contributed by atoms with E-state index < -0.39 is 0 Å². The summed E-state index contributed by atoms with van der Waals surface area (Å²) in [6, 6.07) is 11.1. The zero-order valence-electron chi connectivity index (χ0n) is 17.0.